The fraction of sp³-hybridized carbons (Fsp3) is 0.346. The highest BCUT2D eigenvalue weighted by Crippen LogP contribution is 2.26. The zero-order valence-electron chi connectivity index (χ0n) is 20.2. The summed E-state index contributed by atoms with van der Waals surface area (Å²) in [6, 6.07) is 12.4. The highest BCUT2D eigenvalue weighted by atomic mass is 16.5. The maximum Gasteiger partial charge on any atom is 0.338 e. The Labute approximate surface area is 208 Å². The molecule has 3 rings (SSSR count). The molecule has 36 heavy (non-hydrogen) atoms. The molecule has 1 aliphatic heterocycles. The molecule has 1 saturated heterocycles. The third-order valence-electron chi connectivity index (χ3n) is 5.54. The largest absolute Gasteiger partial charge is 0.465 e. The molecule has 0 aromatic heterocycles. The van der Waals surface area contributed by atoms with Crippen LogP contribution in [-0.4, -0.2) is 56.6 Å². The van der Waals surface area contributed by atoms with Gasteiger partial charge in [-0.05, 0) is 55.0 Å². The Bertz CT molecular complexity index is 1110. The SMILES string of the molecule is CCCCOC(=O)c1ccc(N2C[C@H](C(=O)OCC(=O)Nc3ccc(C(=O)OC)cc3)CC2=O)cc1. The van der Waals surface area contributed by atoms with E-state index in [1.807, 2.05) is 6.92 Å². The number of hydrogen-bond acceptors (Lipinski definition) is 8. The maximum atomic E-state index is 12.5. The summed E-state index contributed by atoms with van der Waals surface area (Å²) in [5.74, 6) is -3.12. The Morgan fingerprint density at radius 3 is 2.22 bits per heavy atom. The summed E-state index contributed by atoms with van der Waals surface area (Å²) < 4.78 is 14.9. The van der Waals surface area contributed by atoms with Crippen molar-refractivity contribution in [2.75, 3.05) is 37.1 Å². The third kappa shape index (κ3) is 6.91. The van der Waals surface area contributed by atoms with Gasteiger partial charge in [0.15, 0.2) is 6.61 Å². The number of carbonyl (C=O) groups is 5. The number of nitrogens with zero attached hydrogens (tertiary/aromatic N) is 1. The number of unbranched alkanes of at least 4 members (excludes halogenated alkanes) is 1. The molecule has 0 aliphatic carbocycles. The van der Waals surface area contributed by atoms with Crippen LogP contribution < -0.4 is 10.2 Å². The molecule has 2 aromatic carbocycles. The van der Waals surface area contributed by atoms with Gasteiger partial charge in [0.25, 0.3) is 5.91 Å². The van der Waals surface area contributed by atoms with Crippen LogP contribution in [0.25, 0.3) is 0 Å². The summed E-state index contributed by atoms with van der Waals surface area (Å²) in [6.07, 6.45) is 1.66. The lowest BCUT2D eigenvalue weighted by atomic mass is 10.1. The van der Waals surface area contributed by atoms with Gasteiger partial charge in [0.2, 0.25) is 5.91 Å². The van der Waals surface area contributed by atoms with Crippen LogP contribution >= 0.6 is 0 Å². The molecule has 2 aromatic rings. The zero-order chi connectivity index (χ0) is 26.1. The van der Waals surface area contributed by atoms with Gasteiger partial charge in [-0.3, -0.25) is 14.4 Å². The lowest BCUT2D eigenvalue weighted by molar-refractivity contribution is -0.151. The number of methoxy groups -OCH3 is 1. The first-order valence-electron chi connectivity index (χ1n) is 11.5. The van der Waals surface area contributed by atoms with E-state index in [4.69, 9.17) is 9.47 Å². The van der Waals surface area contributed by atoms with E-state index >= 15 is 0 Å². The van der Waals surface area contributed by atoms with Crippen LogP contribution in [0.4, 0.5) is 11.4 Å². The van der Waals surface area contributed by atoms with Gasteiger partial charge in [0.1, 0.15) is 0 Å². The summed E-state index contributed by atoms with van der Waals surface area (Å²) in [4.78, 5) is 62.0. The third-order valence-corrected chi connectivity index (χ3v) is 5.54. The van der Waals surface area contributed by atoms with Gasteiger partial charge in [-0.15, -0.1) is 0 Å². The smallest absolute Gasteiger partial charge is 0.338 e. The van der Waals surface area contributed by atoms with Crippen LogP contribution in [0.2, 0.25) is 0 Å². The summed E-state index contributed by atoms with van der Waals surface area (Å²) in [5.41, 5.74) is 1.68. The van der Waals surface area contributed by atoms with Crippen LogP contribution in [0.1, 0.15) is 46.9 Å². The van der Waals surface area contributed by atoms with Crippen LogP contribution in [0.15, 0.2) is 48.5 Å². The molecule has 0 unspecified atom stereocenters. The number of amides is 2. The van der Waals surface area contributed by atoms with E-state index in [1.165, 1.54) is 36.3 Å². The predicted octanol–water partition coefficient (Wildman–Crippen LogP) is 2.96. The van der Waals surface area contributed by atoms with Gasteiger partial charge in [-0.25, -0.2) is 9.59 Å². The quantitative estimate of drug-likeness (QED) is 0.302. The summed E-state index contributed by atoms with van der Waals surface area (Å²) >= 11 is 0. The number of rotatable bonds is 10. The molecule has 1 aliphatic rings. The normalized spacial score (nSPS) is 14.8. The maximum absolute atomic E-state index is 12.5. The van der Waals surface area contributed by atoms with Gasteiger partial charge >= 0.3 is 17.9 Å². The van der Waals surface area contributed by atoms with Crippen molar-refractivity contribution in [1.82, 2.24) is 0 Å². The number of carbonyl (C=O) groups excluding carboxylic acids is 5. The lowest BCUT2D eigenvalue weighted by Gasteiger charge is -2.17. The minimum absolute atomic E-state index is 0.0454. The number of nitrogens with one attached hydrogen (secondary N) is 1. The molecule has 2 amide bonds. The van der Waals surface area contributed by atoms with Gasteiger partial charge in [0, 0.05) is 24.3 Å². The Hall–Kier alpha value is -4.21. The summed E-state index contributed by atoms with van der Waals surface area (Å²) in [5, 5.41) is 2.56. The van der Waals surface area contributed by atoms with E-state index in [0.717, 1.165) is 12.8 Å². The van der Waals surface area contributed by atoms with E-state index in [0.29, 0.717) is 29.1 Å². The topological polar surface area (TPSA) is 128 Å². The van der Waals surface area contributed by atoms with Crippen molar-refractivity contribution in [3.63, 3.8) is 0 Å². The van der Waals surface area contributed by atoms with Gasteiger partial charge < -0.3 is 24.4 Å². The number of anilines is 2. The molecule has 0 bridgehead atoms. The van der Waals surface area contributed by atoms with Crippen LogP contribution in [0.3, 0.4) is 0 Å². The van der Waals surface area contributed by atoms with Crippen molar-refractivity contribution in [2.24, 2.45) is 5.92 Å². The number of hydrogen-bond donors (Lipinski definition) is 1. The van der Waals surface area contributed by atoms with Crippen molar-refractivity contribution in [3.05, 3.63) is 59.7 Å². The zero-order valence-corrected chi connectivity index (χ0v) is 20.2. The minimum atomic E-state index is -0.719. The van der Waals surface area contributed by atoms with Crippen molar-refractivity contribution in [1.29, 1.82) is 0 Å². The Kier molecular flexibility index (Phi) is 9.15. The average molecular weight is 497 g/mol. The second-order valence-corrected chi connectivity index (χ2v) is 8.17. The van der Waals surface area contributed by atoms with E-state index in [2.05, 4.69) is 10.1 Å². The molecule has 1 fully saturated rings. The molecular weight excluding hydrogens is 468 g/mol. The lowest BCUT2D eigenvalue weighted by Crippen LogP contribution is -2.28. The first-order valence-corrected chi connectivity index (χ1v) is 11.5. The van der Waals surface area contributed by atoms with E-state index in [1.54, 1.807) is 24.3 Å². The minimum Gasteiger partial charge on any atom is -0.465 e. The average Bonchev–Trinajstić information content (AvgIpc) is 3.29. The molecule has 0 saturated carbocycles. The molecular formula is C26H28N2O8. The summed E-state index contributed by atoms with van der Waals surface area (Å²) in [6.45, 7) is 1.94. The number of esters is 3. The highest BCUT2D eigenvalue weighted by Gasteiger charge is 2.36. The molecule has 190 valence electrons. The van der Waals surface area contributed by atoms with Crippen molar-refractivity contribution in [2.45, 2.75) is 26.2 Å². The molecule has 10 heteroatoms. The second kappa shape index (κ2) is 12.5. The van der Waals surface area contributed by atoms with Crippen LogP contribution in [-0.2, 0) is 28.6 Å². The first-order chi connectivity index (χ1) is 17.3. The number of ether oxygens (including phenoxy) is 3. The first kappa shape index (κ1) is 26.4. The predicted molar refractivity (Wildman–Crippen MR) is 129 cm³/mol. The standard InChI is InChI=1S/C26H28N2O8/c1-3-4-13-35-25(32)18-7-11-21(12-8-18)28-15-19(14-23(28)30)26(33)36-16-22(29)27-20-9-5-17(6-10-20)24(31)34-2/h5-12,19H,3-4,13-16H2,1-2H3,(H,27,29)/t19-/m1/s1. The molecule has 0 radical (unpaired) electrons. The Balaban J connectivity index is 1.48. The molecule has 0 spiro atoms. The van der Waals surface area contributed by atoms with Gasteiger partial charge in [-0.1, -0.05) is 13.3 Å². The summed E-state index contributed by atoms with van der Waals surface area (Å²) in [7, 11) is 1.27. The van der Waals surface area contributed by atoms with Gasteiger partial charge in [0.05, 0.1) is 30.8 Å². The fourth-order valence-electron chi connectivity index (χ4n) is 3.54. The van der Waals surface area contributed by atoms with Crippen molar-refractivity contribution in [3.8, 4) is 0 Å². The second-order valence-electron chi connectivity index (χ2n) is 8.17. The van der Waals surface area contributed by atoms with Crippen molar-refractivity contribution < 1.29 is 38.2 Å². The van der Waals surface area contributed by atoms with E-state index in [-0.39, 0.29) is 18.9 Å². The molecule has 1 heterocycles. The Morgan fingerprint density at radius 1 is 0.944 bits per heavy atom. The highest BCUT2D eigenvalue weighted by molar-refractivity contribution is 6.00. The van der Waals surface area contributed by atoms with Gasteiger partial charge in [-0.2, -0.15) is 0 Å². The van der Waals surface area contributed by atoms with Crippen LogP contribution in [0.5, 0.6) is 0 Å². The fourth-order valence-corrected chi connectivity index (χ4v) is 3.54. The molecule has 10 nitrogen and oxygen atoms in total. The van der Waals surface area contributed by atoms with Crippen molar-refractivity contribution >= 4 is 41.1 Å². The van der Waals surface area contributed by atoms with E-state index in [9.17, 15) is 24.0 Å². The van der Waals surface area contributed by atoms with E-state index < -0.39 is 36.3 Å². The van der Waals surface area contributed by atoms with Crippen LogP contribution in [0, 0.1) is 5.92 Å². The monoisotopic (exact) mass is 496 g/mol. The number of benzene rings is 2. The molecule has 1 atom stereocenters. The molecule has 1 N–H and O–H groups in total. The Morgan fingerprint density at radius 2 is 1.58 bits per heavy atom.